The highest BCUT2D eigenvalue weighted by atomic mass is 35.5. The van der Waals surface area contributed by atoms with Crippen molar-refractivity contribution in [3.63, 3.8) is 0 Å². The zero-order chi connectivity index (χ0) is 21.1. The van der Waals surface area contributed by atoms with Crippen molar-refractivity contribution < 1.29 is 41.0 Å². The number of hydrogen-bond acceptors (Lipinski definition) is 4. The number of hydrogen-bond donors (Lipinski definition) is 0. The first kappa shape index (κ1) is 25.9. The molecule has 0 amide bonds. The fraction of sp³-hybridized carbons (Fsp3) is 0.882. The van der Waals surface area contributed by atoms with Crippen LogP contribution in [0, 0.1) is 5.41 Å². The third-order valence-corrected chi connectivity index (χ3v) is 4.35. The molecular formula is C17H26ClF5O4. The second-order valence-corrected chi connectivity index (χ2v) is 6.46. The van der Waals surface area contributed by atoms with E-state index in [9.17, 15) is 31.5 Å². The maximum Gasteiger partial charge on any atom is 0.453 e. The number of esters is 2. The third kappa shape index (κ3) is 7.79. The maximum absolute atomic E-state index is 13.2. The first-order valence-corrected chi connectivity index (χ1v) is 9.37. The summed E-state index contributed by atoms with van der Waals surface area (Å²) in [6, 6.07) is 0. The van der Waals surface area contributed by atoms with Gasteiger partial charge in [0.1, 0.15) is 0 Å². The molecular weight excluding hydrogens is 399 g/mol. The minimum Gasteiger partial charge on any atom is -0.465 e. The molecule has 0 bridgehead atoms. The largest absolute Gasteiger partial charge is 0.465 e. The number of carbonyl (C=O) groups excluding carboxylic acids is 2. The van der Waals surface area contributed by atoms with Gasteiger partial charge in [-0.1, -0.05) is 12.8 Å². The lowest BCUT2D eigenvalue weighted by atomic mass is 9.77. The lowest BCUT2D eigenvalue weighted by Gasteiger charge is -2.30. The monoisotopic (exact) mass is 424 g/mol. The van der Waals surface area contributed by atoms with Gasteiger partial charge in [-0.15, -0.1) is 11.6 Å². The molecule has 0 heterocycles. The number of carbonyl (C=O) groups is 2. The van der Waals surface area contributed by atoms with Crippen LogP contribution in [-0.2, 0) is 19.1 Å². The topological polar surface area (TPSA) is 52.6 Å². The van der Waals surface area contributed by atoms with E-state index >= 15 is 0 Å². The molecule has 0 aromatic carbocycles. The molecule has 0 atom stereocenters. The molecule has 27 heavy (non-hydrogen) atoms. The lowest BCUT2D eigenvalue weighted by Crippen LogP contribution is -2.43. The van der Waals surface area contributed by atoms with Gasteiger partial charge in [0.05, 0.1) is 13.2 Å². The molecule has 0 unspecified atom stereocenters. The SMILES string of the molecule is CCOC(=O)C(CCCCCCl)(CCCC(F)(F)C(F)(F)F)C(=O)OCC. The lowest BCUT2D eigenvalue weighted by molar-refractivity contribution is -0.284. The molecule has 0 rings (SSSR count). The maximum atomic E-state index is 13.2. The van der Waals surface area contributed by atoms with Gasteiger partial charge in [0.15, 0.2) is 5.41 Å². The van der Waals surface area contributed by atoms with Gasteiger partial charge in [-0.3, -0.25) is 9.59 Å². The van der Waals surface area contributed by atoms with Crippen molar-refractivity contribution >= 4 is 23.5 Å². The summed E-state index contributed by atoms with van der Waals surface area (Å²) in [7, 11) is 0. The summed E-state index contributed by atoms with van der Waals surface area (Å²) in [6.45, 7) is 2.86. The summed E-state index contributed by atoms with van der Waals surface area (Å²) in [6.07, 6.45) is -6.99. The highest BCUT2D eigenvalue weighted by Gasteiger charge is 2.57. The van der Waals surface area contributed by atoms with Crippen LogP contribution in [0.4, 0.5) is 22.0 Å². The molecule has 0 saturated heterocycles. The van der Waals surface area contributed by atoms with E-state index in [0.717, 1.165) is 0 Å². The number of ether oxygens (including phenoxy) is 2. The first-order chi connectivity index (χ1) is 12.5. The molecule has 10 heteroatoms. The van der Waals surface area contributed by atoms with Gasteiger partial charge >= 0.3 is 24.0 Å². The van der Waals surface area contributed by atoms with Gasteiger partial charge in [0.2, 0.25) is 0 Å². The Morgan fingerprint density at radius 3 is 1.67 bits per heavy atom. The Kier molecular flexibility index (Phi) is 11.2. The number of unbranched alkanes of at least 4 members (excludes halogenated alkanes) is 2. The summed E-state index contributed by atoms with van der Waals surface area (Å²) in [4.78, 5) is 24.9. The molecule has 0 fully saturated rings. The molecule has 0 saturated carbocycles. The molecule has 0 N–H and O–H groups in total. The molecule has 0 aliphatic heterocycles. The number of halogens is 6. The van der Waals surface area contributed by atoms with Crippen LogP contribution in [-0.4, -0.2) is 43.1 Å². The van der Waals surface area contributed by atoms with Crippen LogP contribution in [0.15, 0.2) is 0 Å². The van der Waals surface area contributed by atoms with Gasteiger partial charge in [-0.2, -0.15) is 22.0 Å². The minimum absolute atomic E-state index is 0.0691. The van der Waals surface area contributed by atoms with Gasteiger partial charge in [0, 0.05) is 12.3 Å². The first-order valence-electron chi connectivity index (χ1n) is 8.83. The van der Waals surface area contributed by atoms with E-state index in [1.54, 1.807) is 0 Å². The predicted molar refractivity (Wildman–Crippen MR) is 89.7 cm³/mol. The van der Waals surface area contributed by atoms with Crippen molar-refractivity contribution in [1.82, 2.24) is 0 Å². The molecule has 0 radical (unpaired) electrons. The van der Waals surface area contributed by atoms with Gasteiger partial charge in [0.25, 0.3) is 0 Å². The number of alkyl halides is 6. The van der Waals surface area contributed by atoms with Crippen molar-refractivity contribution in [3.05, 3.63) is 0 Å². The summed E-state index contributed by atoms with van der Waals surface area (Å²) >= 11 is 5.58. The fourth-order valence-electron chi connectivity index (χ4n) is 2.61. The second-order valence-electron chi connectivity index (χ2n) is 6.08. The van der Waals surface area contributed by atoms with Gasteiger partial charge in [-0.25, -0.2) is 0 Å². The van der Waals surface area contributed by atoms with Crippen LogP contribution in [0.1, 0.15) is 58.8 Å². The van der Waals surface area contributed by atoms with Crippen molar-refractivity contribution in [1.29, 1.82) is 0 Å². The van der Waals surface area contributed by atoms with E-state index in [1.807, 2.05) is 0 Å². The summed E-state index contributed by atoms with van der Waals surface area (Å²) in [5.41, 5.74) is -1.90. The van der Waals surface area contributed by atoms with E-state index in [4.69, 9.17) is 21.1 Å². The second kappa shape index (κ2) is 11.7. The Morgan fingerprint density at radius 2 is 1.26 bits per heavy atom. The van der Waals surface area contributed by atoms with E-state index in [1.165, 1.54) is 13.8 Å². The Balaban J connectivity index is 5.43. The molecule has 0 aromatic rings. The summed E-state index contributed by atoms with van der Waals surface area (Å²) in [5, 5.41) is 0. The van der Waals surface area contributed by atoms with Crippen LogP contribution in [0.3, 0.4) is 0 Å². The third-order valence-electron chi connectivity index (χ3n) is 4.08. The Bertz CT molecular complexity index is 451. The van der Waals surface area contributed by atoms with Crippen LogP contribution in [0.2, 0.25) is 0 Å². The zero-order valence-electron chi connectivity index (χ0n) is 15.5. The van der Waals surface area contributed by atoms with Crippen LogP contribution in [0.25, 0.3) is 0 Å². The van der Waals surface area contributed by atoms with Crippen molar-refractivity contribution in [3.8, 4) is 0 Å². The molecule has 0 spiro atoms. The molecule has 0 aromatic heterocycles. The summed E-state index contributed by atoms with van der Waals surface area (Å²) in [5.74, 6) is -6.47. The quantitative estimate of drug-likeness (QED) is 0.133. The zero-order valence-corrected chi connectivity index (χ0v) is 16.2. The van der Waals surface area contributed by atoms with Gasteiger partial charge in [-0.05, 0) is 39.5 Å². The molecule has 0 aliphatic rings. The Morgan fingerprint density at radius 1 is 0.778 bits per heavy atom. The highest BCUT2D eigenvalue weighted by molar-refractivity contribution is 6.17. The average Bonchev–Trinajstić information content (AvgIpc) is 2.56. The Labute approximate surface area is 160 Å². The van der Waals surface area contributed by atoms with E-state index in [0.29, 0.717) is 25.1 Å². The van der Waals surface area contributed by atoms with Gasteiger partial charge < -0.3 is 9.47 Å². The van der Waals surface area contributed by atoms with E-state index < -0.39 is 48.7 Å². The average molecular weight is 425 g/mol. The predicted octanol–water partition coefficient (Wildman–Crippen LogP) is 5.27. The fourth-order valence-corrected chi connectivity index (χ4v) is 2.80. The molecule has 160 valence electrons. The van der Waals surface area contributed by atoms with Crippen LogP contribution >= 0.6 is 11.6 Å². The smallest absolute Gasteiger partial charge is 0.453 e. The standard InChI is InChI=1S/C17H26ClF5O4/c1-3-26-13(24)15(14(25)27-4-2,9-6-5-7-12-18)10-8-11-16(19,20)17(21,22)23/h3-12H2,1-2H3. The number of rotatable bonds is 13. The van der Waals surface area contributed by atoms with Crippen LogP contribution in [0.5, 0.6) is 0 Å². The summed E-state index contributed by atoms with van der Waals surface area (Å²) < 4.78 is 73.2. The Hall–Kier alpha value is -1.12. The van der Waals surface area contributed by atoms with E-state index in [-0.39, 0.29) is 19.6 Å². The molecule has 0 aliphatic carbocycles. The minimum atomic E-state index is -5.69. The van der Waals surface area contributed by atoms with Crippen LogP contribution < -0.4 is 0 Å². The van der Waals surface area contributed by atoms with Crippen molar-refractivity contribution in [2.45, 2.75) is 70.9 Å². The van der Waals surface area contributed by atoms with Crippen molar-refractivity contribution in [2.24, 2.45) is 5.41 Å². The highest BCUT2D eigenvalue weighted by Crippen LogP contribution is 2.42. The van der Waals surface area contributed by atoms with Crippen molar-refractivity contribution in [2.75, 3.05) is 19.1 Å². The normalized spacial score (nSPS) is 12.7. The van der Waals surface area contributed by atoms with E-state index in [2.05, 4.69) is 0 Å². The molecule has 4 nitrogen and oxygen atoms in total.